The number of hydrogen-bond donors (Lipinski definition) is 0. The van der Waals surface area contributed by atoms with Gasteiger partial charge in [-0.05, 0) is 61.9 Å². The summed E-state index contributed by atoms with van der Waals surface area (Å²) in [6, 6.07) is 11.5. The lowest BCUT2D eigenvalue weighted by atomic mass is 10.0. The van der Waals surface area contributed by atoms with Gasteiger partial charge in [-0.15, -0.1) is 0 Å². The van der Waals surface area contributed by atoms with Crippen LogP contribution in [0, 0.1) is 11.6 Å². The number of anilines is 1. The topological polar surface area (TPSA) is 58.8 Å². The monoisotopic (exact) mass is 455 g/mol. The Kier molecular flexibility index (Phi) is 7.03. The Labute approximate surface area is 191 Å². The van der Waals surface area contributed by atoms with E-state index >= 15 is 0 Å². The molecule has 4 rings (SSSR count). The van der Waals surface area contributed by atoms with Gasteiger partial charge < -0.3 is 19.1 Å². The average Bonchev–Trinajstić information content (AvgIpc) is 3.26. The number of aromatic nitrogens is 1. The maximum Gasteiger partial charge on any atom is 0.254 e. The number of morpholine rings is 1. The summed E-state index contributed by atoms with van der Waals surface area (Å²) in [6.45, 7) is 6.63. The zero-order valence-electron chi connectivity index (χ0n) is 18.8. The Morgan fingerprint density at radius 3 is 2.27 bits per heavy atom. The Morgan fingerprint density at radius 2 is 1.67 bits per heavy atom. The summed E-state index contributed by atoms with van der Waals surface area (Å²) in [7, 11) is 0. The molecule has 0 N–H and O–H groups in total. The van der Waals surface area contributed by atoms with E-state index in [1.165, 1.54) is 36.4 Å². The van der Waals surface area contributed by atoms with Gasteiger partial charge in [0.25, 0.3) is 5.91 Å². The molecule has 1 aliphatic rings. The third kappa shape index (κ3) is 5.06. The Hall–Kier alpha value is -3.26. The van der Waals surface area contributed by atoms with Crippen LogP contribution in [0.3, 0.4) is 0 Å². The maximum atomic E-state index is 13.5. The van der Waals surface area contributed by atoms with Gasteiger partial charge in [0.1, 0.15) is 17.3 Å². The molecule has 0 aliphatic carbocycles. The highest BCUT2D eigenvalue weighted by atomic mass is 19.1. The normalized spacial score (nSPS) is 14.8. The van der Waals surface area contributed by atoms with Crippen molar-refractivity contribution in [2.24, 2.45) is 0 Å². The highest BCUT2D eigenvalue weighted by molar-refractivity contribution is 5.94. The van der Waals surface area contributed by atoms with E-state index in [1.54, 1.807) is 17.0 Å². The van der Waals surface area contributed by atoms with E-state index in [4.69, 9.17) is 9.26 Å². The molecule has 2 aromatic carbocycles. The molecule has 8 heteroatoms. The predicted octanol–water partition coefficient (Wildman–Crippen LogP) is 4.90. The Balaban J connectivity index is 1.74. The lowest BCUT2D eigenvalue weighted by Gasteiger charge is -2.31. The fourth-order valence-electron chi connectivity index (χ4n) is 3.87. The first-order chi connectivity index (χ1) is 16.0. The minimum absolute atomic E-state index is 0.0870. The summed E-state index contributed by atoms with van der Waals surface area (Å²) >= 11 is 0. The van der Waals surface area contributed by atoms with E-state index in [-0.39, 0.29) is 24.3 Å². The molecule has 6 nitrogen and oxygen atoms in total. The van der Waals surface area contributed by atoms with Crippen LogP contribution in [0.5, 0.6) is 0 Å². The second kappa shape index (κ2) is 10.1. The molecule has 1 fully saturated rings. The van der Waals surface area contributed by atoms with Crippen molar-refractivity contribution < 1.29 is 22.8 Å². The van der Waals surface area contributed by atoms with E-state index in [2.05, 4.69) is 10.1 Å². The fraction of sp³-hybridized carbons (Fsp3) is 0.360. The number of nitrogens with zero attached hydrogens (tertiary/aromatic N) is 3. The Morgan fingerprint density at radius 1 is 1.06 bits per heavy atom. The minimum atomic E-state index is -0.395. The maximum absolute atomic E-state index is 13.5. The first-order valence-corrected chi connectivity index (χ1v) is 11.1. The number of rotatable bonds is 7. The molecule has 1 saturated heterocycles. The third-order valence-corrected chi connectivity index (χ3v) is 5.99. The van der Waals surface area contributed by atoms with Gasteiger partial charge in [0.2, 0.25) is 5.88 Å². The van der Waals surface area contributed by atoms with Gasteiger partial charge in [-0.1, -0.05) is 12.1 Å². The number of carbonyl (C=O) groups excluding carboxylic acids is 1. The van der Waals surface area contributed by atoms with Crippen molar-refractivity contribution in [3.8, 4) is 11.3 Å². The molecule has 174 valence electrons. The van der Waals surface area contributed by atoms with Gasteiger partial charge in [0.15, 0.2) is 0 Å². The van der Waals surface area contributed by atoms with Gasteiger partial charge in [-0.2, -0.15) is 0 Å². The molecule has 1 aromatic heterocycles. The average molecular weight is 456 g/mol. The van der Waals surface area contributed by atoms with Gasteiger partial charge in [-0.25, -0.2) is 8.78 Å². The number of amides is 1. The molecule has 1 aliphatic heterocycles. The van der Waals surface area contributed by atoms with Crippen molar-refractivity contribution >= 4 is 11.8 Å². The van der Waals surface area contributed by atoms with E-state index in [1.807, 2.05) is 13.8 Å². The molecule has 0 spiro atoms. The molecular weight excluding hydrogens is 428 g/mol. The van der Waals surface area contributed by atoms with Crippen LogP contribution >= 0.6 is 0 Å². The molecule has 2 heterocycles. The minimum Gasteiger partial charge on any atom is -0.378 e. The summed E-state index contributed by atoms with van der Waals surface area (Å²) in [6.07, 6.45) is 0.733. The van der Waals surface area contributed by atoms with Crippen molar-refractivity contribution in [3.63, 3.8) is 0 Å². The first-order valence-electron chi connectivity index (χ1n) is 11.1. The summed E-state index contributed by atoms with van der Waals surface area (Å²) in [5.74, 6) is -0.361. The summed E-state index contributed by atoms with van der Waals surface area (Å²) in [5.41, 5.74) is 2.42. The van der Waals surface area contributed by atoms with E-state index in [0.29, 0.717) is 49.0 Å². The second-order valence-corrected chi connectivity index (χ2v) is 8.12. The van der Waals surface area contributed by atoms with Gasteiger partial charge >= 0.3 is 0 Å². The lowest BCUT2D eigenvalue weighted by Crippen LogP contribution is -2.39. The highest BCUT2D eigenvalue weighted by Gasteiger charge is 2.29. The number of halogens is 2. The quantitative estimate of drug-likeness (QED) is 0.507. The van der Waals surface area contributed by atoms with Crippen LogP contribution in [0.1, 0.15) is 36.2 Å². The van der Waals surface area contributed by atoms with Crippen LogP contribution in [-0.2, 0) is 11.3 Å². The number of benzene rings is 2. The van der Waals surface area contributed by atoms with Crippen molar-refractivity contribution in [1.29, 1.82) is 0 Å². The molecule has 1 atom stereocenters. The van der Waals surface area contributed by atoms with Crippen LogP contribution in [0.4, 0.5) is 14.7 Å². The largest absolute Gasteiger partial charge is 0.378 e. The van der Waals surface area contributed by atoms with Crippen molar-refractivity contribution in [2.75, 3.05) is 31.2 Å². The van der Waals surface area contributed by atoms with Gasteiger partial charge in [0, 0.05) is 30.3 Å². The summed E-state index contributed by atoms with van der Waals surface area (Å²) in [4.78, 5) is 17.2. The van der Waals surface area contributed by atoms with E-state index < -0.39 is 5.82 Å². The molecular formula is C25H27F2N3O3. The van der Waals surface area contributed by atoms with Crippen molar-refractivity contribution in [3.05, 3.63) is 71.3 Å². The molecule has 0 saturated carbocycles. The molecule has 3 aromatic rings. The smallest absolute Gasteiger partial charge is 0.254 e. The standard InChI is InChI=1S/C25H27F2N3O3/c1-3-17(2)30(24(31)19-6-10-21(27)11-7-19)16-22-23(18-4-8-20(26)9-5-18)28-33-25(22)29-12-14-32-15-13-29/h4-11,17H,3,12-16H2,1-2H3. The molecule has 0 radical (unpaired) electrons. The van der Waals surface area contributed by atoms with Gasteiger partial charge in [-0.3, -0.25) is 4.79 Å². The van der Waals surface area contributed by atoms with E-state index in [0.717, 1.165) is 12.0 Å². The number of ether oxygens (including phenoxy) is 1. The van der Waals surface area contributed by atoms with E-state index in [9.17, 15) is 13.6 Å². The molecule has 33 heavy (non-hydrogen) atoms. The Bertz CT molecular complexity index is 1080. The second-order valence-electron chi connectivity index (χ2n) is 8.12. The van der Waals surface area contributed by atoms with Crippen LogP contribution in [0.2, 0.25) is 0 Å². The van der Waals surface area contributed by atoms with Crippen molar-refractivity contribution in [1.82, 2.24) is 10.1 Å². The molecule has 1 unspecified atom stereocenters. The van der Waals surface area contributed by atoms with Crippen LogP contribution in [0.15, 0.2) is 53.1 Å². The van der Waals surface area contributed by atoms with Crippen LogP contribution in [0.25, 0.3) is 11.3 Å². The molecule has 1 amide bonds. The number of carbonyl (C=O) groups is 1. The lowest BCUT2D eigenvalue weighted by molar-refractivity contribution is 0.0671. The van der Waals surface area contributed by atoms with Crippen LogP contribution in [-0.4, -0.2) is 48.3 Å². The first kappa shape index (κ1) is 22.9. The summed E-state index contributed by atoms with van der Waals surface area (Å²) < 4.78 is 38.2. The summed E-state index contributed by atoms with van der Waals surface area (Å²) in [5, 5.41) is 4.31. The zero-order chi connectivity index (χ0) is 23.4. The third-order valence-electron chi connectivity index (χ3n) is 5.99. The highest BCUT2D eigenvalue weighted by Crippen LogP contribution is 2.34. The zero-order valence-corrected chi connectivity index (χ0v) is 18.8. The SMILES string of the molecule is CCC(C)N(Cc1c(-c2ccc(F)cc2)noc1N1CCOCC1)C(=O)c1ccc(F)cc1. The van der Waals surface area contributed by atoms with Crippen molar-refractivity contribution in [2.45, 2.75) is 32.9 Å². The molecule has 0 bridgehead atoms. The predicted molar refractivity (Wildman–Crippen MR) is 121 cm³/mol. The fourth-order valence-corrected chi connectivity index (χ4v) is 3.87. The number of hydrogen-bond acceptors (Lipinski definition) is 5. The van der Waals surface area contributed by atoms with Gasteiger partial charge in [0.05, 0.1) is 25.3 Å². The van der Waals surface area contributed by atoms with Crippen LogP contribution < -0.4 is 4.90 Å².